The molecule has 344 valence electrons. The number of unbranched alkanes of at least 4 members (excludes halogenated alkanes) is 30. The normalized spacial score (nSPS) is 14.4. The molecular formula is C49H97N2O6P. The van der Waals surface area contributed by atoms with Crippen molar-refractivity contribution < 1.29 is 32.9 Å². The average molecular weight is 841 g/mol. The minimum Gasteiger partial charge on any atom is -0.756 e. The van der Waals surface area contributed by atoms with Gasteiger partial charge < -0.3 is 28.8 Å². The number of phosphoric acid groups is 1. The zero-order chi connectivity index (χ0) is 42.8. The minimum absolute atomic E-state index is 0.000690. The molecule has 3 atom stereocenters. The maximum absolute atomic E-state index is 12.9. The summed E-state index contributed by atoms with van der Waals surface area (Å²) >= 11 is 0. The molecule has 0 bridgehead atoms. The van der Waals surface area contributed by atoms with Gasteiger partial charge in [0.25, 0.3) is 7.82 Å². The van der Waals surface area contributed by atoms with Gasteiger partial charge in [-0.2, -0.15) is 0 Å². The topological polar surface area (TPSA) is 108 Å². The maximum Gasteiger partial charge on any atom is 0.268 e. The summed E-state index contributed by atoms with van der Waals surface area (Å²) < 4.78 is 23.2. The average Bonchev–Trinajstić information content (AvgIpc) is 3.17. The Kier molecular flexibility index (Phi) is 40.6. The molecular weight excluding hydrogens is 744 g/mol. The summed E-state index contributed by atoms with van der Waals surface area (Å²) in [5, 5.41) is 13.8. The molecule has 0 aliphatic heterocycles. The third kappa shape index (κ3) is 43.1. The predicted octanol–water partition coefficient (Wildman–Crippen LogP) is 13.5. The Morgan fingerprint density at radius 1 is 0.586 bits per heavy atom. The van der Waals surface area contributed by atoms with Gasteiger partial charge in [-0.1, -0.05) is 205 Å². The molecule has 9 heteroatoms. The third-order valence-corrected chi connectivity index (χ3v) is 12.1. The molecule has 0 aliphatic rings. The number of amides is 1. The van der Waals surface area contributed by atoms with Gasteiger partial charge in [0, 0.05) is 6.42 Å². The predicted molar refractivity (Wildman–Crippen MR) is 247 cm³/mol. The number of nitrogens with one attached hydrogen (secondary N) is 1. The number of hydrogen-bond acceptors (Lipinski definition) is 6. The number of quaternary nitrogens is 1. The van der Waals surface area contributed by atoms with Crippen LogP contribution in [0.3, 0.4) is 0 Å². The van der Waals surface area contributed by atoms with E-state index in [1.807, 2.05) is 27.2 Å². The minimum atomic E-state index is -4.59. The molecule has 0 aromatic carbocycles. The van der Waals surface area contributed by atoms with Crippen molar-refractivity contribution in [1.82, 2.24) is 5.32 Å². The van der Waals surface area contributed by atoms with Gasteiger partial charge in [-0.3, -0.25) is 9.36 Å². The molecule has 0 fully saturated rings. The van der Waals surface area contributed by atoms with Gasteiger partial charge in [-0.15, -0.1) is 0 Å². The molecule has 8 nitrogen and oxygen atoms in total. The molecule has 0 saturated carbocycles. The Hall–Kier alpha value is -1.02. The van der Waals surface area contributed by atoms with Crippen LogP contribution in [-0.2, 0) is 18.4 Å². The van der Waals surface area contributed by atoms with E-state index in [0.29, 0.717) is 17.4 Å². The number of hydrogen-bond donors (Lipinski definition) is 2. The SMILES string of the molecule is CCCCCCCCCCCCC/C=C/C(O)C(COP(=O)([O-])OCC[N+](C)(C)C)NC(=O)CCCCCCCCC/C=C\CCCCCCCCCCCCCC. The highest BCUT2D eigenvalue weighted by molar-refractivity contribution is 7.45. The molecule has 1 amide bonds. The van der Waals surface area contributed by atoms with Gasteiger partial charge in [0.1, 0.15) is 13.2 Å². The lowest BCUT2D eigenvalue weighted by molar-refractivity contribution is -0.870. The van der Waals surface area contributed by atoms with Crippen LogP contribution in [0.15, 0.2) is 24.3 Å². The lowest BCUT2D eigenvalue weighted by Crippen LogP contribution is -2.45. The smallest absolute Gasteiger partial charge is 0.268 e. The van der Waals surface area contributed by atoms with Crippen LogP contribution < -0.4 is 10.2 Å². The summed E-state index contributed by atoms with van der Waals surface area (Å²) in [7, 11) is 1.26. The van der Waals surface area contributed by atoms with Crippen LogP contribution in [0.4, 0.5) is 0 Å². The first-order valence-corrected chi connectivity index (χ1v) is 26.2. The molecule has 0 aliphatic carbocycles. The number of carbonyl (C=O) groups excluding carboxylic acids is 1. The first-order chi connectivity index (χ1) is 28.0. The van der Waals surface area contributed by atoms with Crippen molar-refractivity contribution in [3.63, 3.8) is 0 Å². The van der Waals surface area contributed by atoms with Gasteiger partial charge >= 0.3 is 0 Å². The van der Waals surface area contributed by atoms with Crippen molar-refractivity contribution in [1.29, 1.82) is 0 Å². The number of aliphatic hydroxyl groups is 1. The molecule has 0 aromatic heterocycles. The van der Waals surface area contributed by atoms with Crippen LogP contribution in [0.2, 0.25) is 0 Å². The molecule has 3 unspecified atom stereocenters. The lowest BCUT2D eigenvalue weighted by atomic mass is 10.0. The van der Waals surface area contributed by atoms with Crippen LogP contribution in [0.5, 0.6) is 0 Å². The van der Waals surface area contributed by atoms with Crippen molar-refractivity contribution in [3.05, 3.63) is 24.3 Å². The molecule has 0 saturated heterocycles. The Morgan fingerprint density at radius 2 is 0.948 bits per heavy atom. The van der Waals surface area contributed by atoms with Gasteiger partial charge in [-0.25, -0.2) is 0 Å². The van der Waals surface area contributed by atoms with Crippen molar-refractivity contribution in [2.45, 2.75) is 244 Å². The molecule has 0 rings (SSSR count). The summed E-state index contributed by atoms with van der Waals surface area (Å²) in [4.78, 5) is 25.3. The van der Waals surface area contributed by atoms with Gasteiger partial charge in [0.15, 0.2) is 0 Å². The van der Waals surface area contributed by atoms with Crippen LogP contribution in [0, 0.1) is 0 Å². The fourth-order valence-corrected chi connectivity index (χ4v) is 7.93. The second-order valence-electron chi connectivity index (χ2n) is 18.2. The van der Waals surface area contributed by atoms with E-state index >= 15 is 0 Å². The highest BCUT2D eigenvalue weighted by atomic mass is 31.2. The van der Waals surface area contributed by atoms with E-state index in [1.54, 1.807) is 6.08 Å². The Morgan fingerprint density at radius 3 is 1.34 bits per heavy atom. The zero-order valence-corrected chi connectivity index (χ0v) is 39.9. The van der Waals surface area contributed by atoms with E-state index in [0.717, 1.165) is 38.5 Å². The van der Waals surface area contributed by atoms with Crippen molar-refractivity contribution in [2.75, 3.05) is 40.9 Å². The van der Waals surface area contributed by atoms with Crippen LogP contribution in [0.25, 0.3) is 0 Å². The number of aliphatic hydroxyl groups excluding tert-OH is 1. The Labute approximate surface area is 360 Å². The number of rotatable bonds is 45. The number of carbonyl (C=O) groups is 1. The number of nitrogens with zero attached hydrogens (tertiary/aromatic N) is 1. The van der Waals surface area contributed by atoms with Crippen molar-refractivity contribution in [3.8, 4) is 0 Å². The van der Waals surface area contributed by atoms with Crippen LogP contribution in [-0.4, -0.2) is 68.5 Å². The third-order valence-electron chi connectivity index (χ3n) is 11.2. The second kappa shape index (κ2) is 41.3. The van der Waals surface area contributed by atoms with Gasteiger partial charge in [0.05, 0.1) is 39.9 Å². The standard InChI is InChI=1S/C49H97N2O6P/c1-6-8-10-12-14-16-18-20-21-22-23-24-25-26-27-28-29-31-33-35-37-39-41-43-49(53)50-47(46-57-58(54,55)56-45-44-51(3,4)5)48(52)42-40-38-36-34-32-30-19-17-15-13-11-9-7-2/h26-27,40,42,47-48,52H,6-25,28-39,41,43-46H2,1-5H3,(H-,50,53,54,55)/b27-26-,42-40+. The monoisotopic (exact) mass is 841 g/mol. The first-order valence-electron chi connectivity index (χ1n) is 24.7. The first kappa shape index (κ1) is 57.0. The maximum atomic E-state index is 12.9. The van der Waals surface area contributed by atoms with E-state index in [-0.39, 0.29) is 19.1 Å². The summed E-state index contributed by atoms with van der Waals surface area (Å²) in [6.07, 6.45) is 49.5. The summed E-state index contributed by atoms with van der Waals surface area (Å²) in [6, 6.07) is -0.885. The molecule has 0 aromatic rings. The molecule has 0 spiro atoms. The fourth-order valence-electron chi connectivity index (χ4n) is 7.21. The van der Waals surface area contributed by atoms with E-state index in [9.17, 15) is 19.4 Å². The van der Waals surface area contributed by atoms with Gasteiger partial charge in [-0.05, 0) is 44.9 Å². The summed E-state index contributed by atoms with van der Waals surface area (Å²) in [5.41, 5.74) is 0. The Balaban J connectivity index is 4.26. The van der Waals surface area contributed by atoms with E-state index < -0.39 is 20.0 Å². The number of likely N-dealkylation sites (N-methyl/N-ethyl adjacent to an activating group) is 1. The van der Waals surface area contributed by atoms with Crippen LogP contribution >= 0.6 is 7.82 Å². The second-order valence-corrected chi connectivity index (χ2v) is 19.6. The van der Waals surface area contributed by atoms with E-state index in [4.69, 9.17) is 9.05 Å². The van der Waals surface area contributed by atoms with Crippen molar-refractivity contribution in [2.24, 2.45) is 0 Å². The summed E-state index contributed by atoms with van der Waals surface area (Å²) in [5.74, 6) is -0.201. The molecule has 0 heterocycles. The Bertz CT molecular complexity index is 1000. The molecule has 58 heavy (non-hydrogen) atoms. The zero-order valence-electron chi connectivity index (χ0n) is 39.0. The largest absolute Gasteiger partial charge is 0.756 e. The van der Waals surface area contributed by atoms with E-state index in [1.165, 1.54) is 173 Å². The quantitative estimate of drug-likeness (QED) is 0.0274. The summed E-state index contributed by atoms with van der Waals surface area (Å²) in [6.45, 7) is 4.65. The number of allylic oxidation sites excluding steroid dienone is 3. The van der Waals surface area contributed by atoms with Crippen LogP contribution in [0.1, 0.15) is 232 Å². The molecule has 2 N–H and O–H groups in total. The molecule has 0 radical (unpaired) electrons. The number of phosphoric ester groups is 1. The van der Waals surface area contributed by atoms with Crippen molar-refractivity contribution >= 4 is 13.7 Å². The highest BCUT2D eigenvalue weighted by Gasteiger charge is 2.23. The highest BCUT2D eigenvalue weighted by Crippen LogP contribution is 2.38. The lowest BCUT2D eigenvalue weighted by Gasteiger charge is -2.29. The van der Waals surface area contributed by atoms with E-state index in [2.05, 4.69) is 31.3 Å². The van der Waals surface area contributed by atoms with Gasteiger partial charge in [0.2, 0.25) is 5.91 Å². The fraction of sp³-hybridized carbons (Fsp3) is 0.898.